The zero-order chi connectivity index (χ0) is 24.9. The van der Waals surface area contributed by atoms with Crippen molar-refractivity contribution >= 4 is 17.6 Å². The fourth-order valence-electron chi connectivity index (χ4n) is 4.72. The summed E-state index contributed by atoms with van der Waals surface area (Å²) in [5.74, 6) is 2.11. The van der Waals surface area contributed by atoms with Gasteiger partial charge in [0.05, 0.1) is 36.8 Å². The van der Waals surface area contributed by atoms with E-state index in [0.29, 0.717) is 32.0 Å². The zero-order valence-electron chi connectivity index (χ0n) is 20.6. The molecular formula is C27H31N5O4. The summed E-state index contributed by atoms with van der Waals surface area (Å²) in [4.78, 5) is 16.9. The highest BCUT2D eigenvalue weighted by Gasteiger charge is 2.29. The maximum atomic E-state index is 10.7. The van der Waals surface area contributed by atoms with Crippen molar-refractivity contribution in [3.8, 4) is 17.4 Å². The summed E-state index contributed by atoms with van der Waals surface area (Å²) >= 11 is 0. The molecule has 5 rings (SSSR count). The molecule has 0 spiro atoms. The molecule has 0 radical (unpaired) electrons. The van der Waals surface area contributed by atoms with E-state index >= 15 is 0 Å². The van der Waals surface area contributed by atoms with Crippen LogP contribution in [0.15, 0.2) is 60.0 Å². The molecule has 0 aliphatic carbocycles. The van der Waals surface area contributed by atoms with Crippen LogP contribution in [0, 0.1) is 0 Å². The third-order valence-corrected chi connectivity index (χ3v) is 6.50. The number of aliphatic hydroxyl groups excluding tert-OH is 1. The number of methoxy groups -OCH3 is 1. The Balaban J connectivity index is 1.29. The molecular weight excluding hydrogens is 458 g/mol. The third-order valence-electron chi connectivity index (χ3n) is 6.50. The number of benzene rings is 1. The molecule has 0 saturated carbocycles. The first kappa shape index (κ1) is 24.0. The van der Waals surface area contributed by atoms with Crippen LogP contribution >= 0.6 is 0 Å². The van der Waals surface area contributed by atoms with Crippen LogP contribution in [0.4, 0.5) is 11.4 Å². The van der Waals surface area contributed by atoms with Gasteiger partial charge in [0.15, 0.2) is 0 Å². The fraction of sp³-hybridized carbons (Fsp3) is 0.370. The first-order chi connectivity index (χ1) is 17.6. The van der Waals surface area contributed by atoms with Crippen LogP contribution in [0.2, 0.25) is 0 Å². The number of aliphatic hydroxyl groups is 1. The second-order valence-electron chi connectivity index (χ2n) is 8.87. The summed E-state index contributed by atoms with van der Waals surface area (Å²) < 4.78 is 17.6. The minimum absolute atomic E-state index is 0.00289. The lowest BCUT2D eigenvalue weighted by Gasteiger charge is -2.32. The molecule has 2 atom stereocenters. The SMILES string of the molecule is CN=Cc1cc(N2CCOc3ccc(O[C@H]4CCN(C(O)Cc5ccncc5)C4)cc32)cnc1OC. The number of aliphatic imine (C=N–C) groups is 1. The molecule has 2 aromatic heterocycles. The largest absolute Gasteiger partial charge is 0.490 e. The Morgan fingerprint density at radius 1 is 1.22 bits per heavy atom. The van der Waals surface area contributed by atoms with Gasteiger partial charge in [-0.05, 0) is 42.3 Å². The van der Waals surface area contributed by atoms with Crippen molar-refractivity contribution in [3.63, 3.8) is 0 Å². The van der Waals surface area contributed by atoms with Crippen molar-refractivity contribution in [2.75, 3.05) is 45.3 Å². The van der Waals surface area contributed by atoms with E-state index in [1.165, 1.54) is 0 Å². The maximum absolute atomic E-state index is 10.7. The highest BCUT2D eigenvalue weighted by Crippen LogP contribution is 2.40. The summed E-state index contributed by atoms with van der Waals surface area (Å²) in [6.07, 6.45) is 7.93. The second-order valence-corrected chi connectivity index (χ2v) is 8.87. The zero-order valence-corrected chi connectivity index (χ0v) is 20.6. The summed E-state index contributed by atoms with van der Waals surface area (Å²) in [5, 5.41) is 10.7. The second kappa shape index (κ2) is 10.9. The smallest absolute Gasteiger partial charge is 0.222 e. The van der Waals surface area contributed by atoms with E-state index in [1.807, 2.05) is 36.4 Å². The Bertz CT molecular complexity index is 1210. The van der Waals surface area contributed by atoms with Crippen LogP contribution in [0.3, 0.4) is 0 Å². The van der Waals surface area contributed by atoms with Gasteiger partial charge in [0.25, 0.3) is 0 Å². The summed E-state index contributed by atoms with van der Waals surface area (Å²) in [6, 6.07) is 11.8. The minimum Gasteiger partial charge on any atom is -0.490 e. The van der Waals surface area contributed by atoms with E-state index in [2.05, 4.69) is 24.8 Å². The Hall–Kier alpha value is -3.69. The first-order valence-electron chi connectivity index (χ1n) is 12.1. The Labute approximate surface area is 211 Å². The van der Waals surface area contributed by atoms with Gasteiger partial charge >= 0.3 is 0 Å². The topological polar surface area (TPSA) is 92.5 Å². The summed E-state index contributed by atoms with van der Waals surface area (Å²) in [5.41, 5.74) is 3.74. The van der Waals surface area contributed by atoms with Crippen LogP contribution in [0.1, 0.15) is 17.5 Å². The summed E-state index contributed by atoms with van der Waals surface area (Å²) in [7, 11) is 3.33. The van der Waals surface area contributed by atoms with E-state index in [4.69, 9.17) is 14.2 Å². The van der Waals surface area contributed by atoms with Gasteiger partial charge in [0.2, 0.25) is 5.88 Å². The van der Waals surface area contributed by atoms with Crippen molar-refractivity contribution in [2.24, 2.45) is 4.99 Å². The predicted molar refractivity (Wildman–Crippen MR) is 138 cm³/mol. The van der Waals surface area contributed by atoms with Crippen LogP contribution in [0.5, 0.6) is 17.4 Å². The highest BCUT2D eigenvalue weighted by atomic mass is 16.5. The van der Waals surface area contributed by atoms with E-state index in [-0.39, 0.29) is 6.10 Å². The number of nitrogens with zero attached hydrogens (tertiary/aromatic N) is 5. The highest BCUT2D eigenvalue weighted by molar-refractivity contribution is 5.85. The molecule has 188 valence electrons. The van der Waals surface area contributed by atoms with Crippen molar-refractivity contribution in [1.82, 2.24) is 14.9 Å². The Morgan fingerprint density at radius 2 is 2.08 bits per heavy atom. The lowest BCUT2D eigenvalue weighted by Crippen LogP contribution is -2.36. The molecule has 1 unspecified atom stereocenters. The molecule has 0 amide bonds. The monoisotopic (exact) mass is 489 g/mol. The van der Waals surface area contributed by atoms with Gasteiger partial charge < -0.3 is 24.2 Å². The van der Waals surface area contributed by atoms with Gasteiger partial charge in [-0.15, -0.1) is 0 Å². The van der Waals surface area contributed by atoms with Crippen molar-refractivity contribution in [2.45, 2.75) is 25.2 Å². The Kier molecular flexibility index (Phi) is 7.29. The van der Waals surface area contributed by atoms with Gasteiger partial charge in [-0.25, -0.2) is 4.98 Å². The standard InChI is InChI=1S/C27H31N5O4/c1-28-16-20-14-21(17-30-27(20)34-2)32-11-12-35-25-4-3-22(15-24(25)32)36-23-7-10-31(18-23)26(33)13-19-5-8-29-9-6-19/h3-6,8-9,14-17,23,26,33H,7,10-13,18H2,1-2H3/t23-,26?/m0/s1. The molecule has 4 heterocycles. The average Bonchev–Trinajstić information content (AvgIpc) is 3.38. The minimum atomic E-state index is -0.545. The number of pyridine rings is 2. The van der Waals surface area contributed by atoms with Gasteiger partial charge in [0.1, 0.15) is 30.4 Å². The number of hydrogen-bond acceptors (Lipinski definition) is 9. The normalized spacial score (nSPS) is 18.6. The molecule has 1 saturated heterocycles. The third kappa shape index (κ3) is 5.27. The van der Waals surface area contributed by atoms with E-state index in [9.17, 15) is 5.11 Å². The maximum Gasteiger partial charge on any atom is 0.222 e. The van der Waals surface area contributed by atoms with Crippen molar-refractivity contribution in [1.29, 1.82) is 0 Å². The van der Waals surface area contributed by atoms with Gasteiger partial charge in [-0.3, -0.25) is 14.9 Å². The molecule has 1 fully saturated rings. The van der Waals surface area contributed by atoms with Gasteiger partial charge in [-0.2, -0.15) is 0 Å². The van der Waals surface area contributed by atoms with Crippen molar-refractivity contribution in [3.05, 3.63) is 66.1 Å². The molecule has 1 aromatic carbocycles. The Morgan fingerprint density at radius 3 is 2.89 bits per heavy atom. The van der Waals surface area contributed by atoms with Crippen LogP contribution in [-0.4, -0.2) is 78.9 Å². The number of hydrogen-bond donors (Lipinski definition) is 1. The quantitative estimate of drug-likeness (QED) is 0.483. The van der Waals surface area contributed by atoms with E-state index < -0.39 is 6.23 Å². The molecule has 9 nitrogen and oxygen atoms in total. The molecule has 9 heteroatoms. The number of rotatable bonds is 8. The lowest BCUT2D eigenvalue weighted by molar-refractivity contribution is 0.0144. The molecule has 2 aliphatic heterocycles. The van der Waals surface area contributed by atoms with Crippen molar-refractivity contribution < 1.29 is 19.3 Å². The fourth-order valence-corrected chi connectivity index (χ4v) is 4.72. The summed E-state index contributed by atoms with van der Waals surface area (Å²) in [6.45, 7) is 2.72. The number of fused-ring (bicyclic) bond motifs is 1. The number of ether oxygens (including phenoxy) is 3. The molecule has 1 N–H and O–H groups in total. The number of anilines is 2. The molecule has 2 aliphatic rings. The molecule has 36 heavy (non-hydrogen) atoms. The predicted octanol–water partition coefficient (Wildman–Crippen LogP) is 3.08. The molecule has 0 bridgehead atoms. The first-order valence-corrected chi connectivity index (χ1v) is 12.1. The van der Waals surface area contributed by atoms with E-state index in [1.54, 1.807) is 39.0 Å². The number of aromatic nitrogens is 2. The average molecular weight is 490 g/mol. The van der Waals surface area contributed by atoms with Gasteiger partial charge in [-0.1, -0.05) is 0 Å². The molecule has 3 aromatic rings. The van der Waals surface area contributed by atoms with Crippen LogP contribution in [0.25, 0.3) is 0 Å². The van der Waals surface area contributed by atoms with Crippen LogP contribution < -0.4 is 19.1 Å². The lowest BCUT2D eigenvalue weighted by atomic mass is 10.1. The van der Waals surface area contributed by atoms with Crippen LogP contribution in [-0.2, 0) is 6.42 Å². The van der Waals surface area contributed by atoms with Gasteiger partial charge in [0, 0.05) is 51.2 Å². The van der Waals surface area contributed by atoms with E-state index in [0.717, 1.165) is 47.0 Å². The number of likely N-dealkylation sites (tertiary alicyclic amines) is 1.